The quantitative estimate of drug-likeness (QED) is 0.413. The second-order valence-electron chi connectivity index (χ2n) is 5.99. The third-order valence-electron chi connectivity index (χ3n) is 3.84. The molecule has 0 aliphatic rings. The Labute approximate surface area is 174 Å². The molecule has 0 unspecified atom stereocenters. The lowest BCUT2D eigenvalue weighted by Gasteiger charge is -2.11. The van der Waals surface area contributed by atoms with Crippen LogP contribution < -0.4 is 20.2 Å². The monoisotopic (exact) mass is 409 g/mol. The number of ether oxygens (including phenoxy) is 2. The van der Waals surface area contributed by atoms with E-state index in [9.17, 15) is 4.79 Å². The molecule has 0 bridgehead atoms. The van der Waals surface area contributed by atoms with Crippen LogP contribution in [0.25, 0.3) is 0 Å². The van der Waals surface area contributed by atoms with Gasteiger partial charge >= 0.3 is 0 Å². The van der Waals surface area contributed by atoms with Crippen molar-refractivity contribution in [2.24, 2.45) is 5.10 Å². The lowest BCUT2D eigenvalue weighted by molar-refractivity contribution is -0.118. The van der Waals surface area contributed by atoms with Crippen molar-refractivity contribution in [3.05, 3.63) is 83.4 Å². The molecule has 3 rings (SSSR count). The minimum Gasteiger partial charge on any atom is -0.493 e. The van der Waals surface area contributed by atoms with Gasteiger partial charge in [-0.3, -0.25) is 10.2 Å². The number of carbonyl (C=O) groups is 1. The number of rotatable bonds is 8. The first-order valence-electron chi connectivity index (χ1n) is 8.84. The van der Waals surface area contributed by atoms with Crippen LogP contribution in [0.1, 0.15) is 5.56 Å². The Kier molecular flexibility index (Phi) is 7.08. The van der Waals surface area contributed by atoms with E-state index in [1.807, 2.05) is 36.4 Å². The molecule has 1 amide bonds. The van der Waals surface area contributed by atoms with Gasteiger partial charge in [0.05, 0.1) is 19.0 Å². The lowest BCUT2D eigenvalue weighted by Crippen LogP contribution is -2.20. The molecule has 6 nitrogen and oxygen atoms in total. The first-order valence-corrected chi connectivity index (χ1v) is 9.22. The average molecular weight is 410 g/mol. The van der Waals surface area contributed by atoms with Gasteiger partial charge in [-0.15, -0.1) is 0 Å². The fourth-order valence-corrected chi connectivity index (χ4v) is 2.67. The zero-order valence-electron chi connectivity index (χ0n) is 15.8. The Morgan fingerprint density at radius 2 is 1.79 bits per heavy atom. The van der Waals surface area contributed by atoms with Crippen LogP contribution in [0.5, 0.6) is 11.5 Å². The first-order chi connectivity index (χ1) is 14.1. The van der Waals surface area contributed by atoms with Gasteiger partial charge in [-0.05, 0) is 54.1 Å². The van der Waals surface area contributed by atoms with Gasteiger partial charge in [0.2, 0.25) is 0 Å². The number of nitrogens with one attached hydrogen (secondary N) is 2. The highest BCUT2D eigenvalue weighted by molar-refractivity contribution is 6.30. The summed E-state index contributed by atoms with van der Waals surface area (Å²) in [5.41, 5.74) is 5.26. The van der Waals surface area contributed by atoms with E-state index >= 15 is 0 Å². The third-order valence-corrected chi connectivity index (χ3v) is 4.07. The number of hydrazone groups is 1. The van der Waals surface area contributed by atoms with E-state index in [2.05, 4.69) is 15.8 Å². The largest absolute Gasteiger partial charge is 0.493 e. The maximum absolute atomic E-state index is 12.1. The summed E-state index contributed by atoms with van der Waals surface area (Å²) in [7, 11) is 1.54. The van der Waals surface area contributed by atoms with Crippen molar-refractivity contribution >= 4 is 35.1 Å². The molecule has 0 fully saturated rings. The van der Waals surface area contributed by atoms with Crippen molar-refractivity contribution in [3.8, 4) is 11.5 Å². The fraction of sp³-hybridized carbons (Fsp3) is 0.0909. The molecular formula is C22H20ClN3O3. The minimum atomic E-state index is -0.299. The number of hydrogen-bond donors (Lipinski definition) is 2. The lowest BCUT2D eigenvalue weighted by atomic mass is 10.2. The van der Waals surface area contributed by atoms with Gasteiger partial charge in [-0.2, -0.15) is 5.10 Å². The van der Waals surface area contributed by atoms with Crippen molar-refractivity contribution in [3.63, 3.8) is 0 Å². The first kappa shape index (κ1) is 20.2. The van der Waals surface area contributed by atoms with Crippen LogP contribution in [0, 0.1) is 0 Å². The molecule has 0 spiro atoms. The smallest absolute Gasteiger partial charge is 0.262 e. The van der Waals surface area contributed by atoms with Gasteiger partial charge in [0, 0.05) is 10.7 Å². The molecule has 0 aromatic heterocycles. The molecule has 3 aromatic carbocycles. The van der Waals surface area contributed by atoms with E-state index in [-0.39, 0.29) is 12.5 Å². The number of carbonyl (C=O) groups excluding carboxylic acids is 1. The molecule has 0 atom stereocenters. The second-order valence-corrected chi connectivity index (χ2v) is 6.43. The maximum Gasteiger partial charge on any atom is 0.262 e. The summed E-state index contributed by atoms with van der Waals surface area (Å²) < 4.78 is 11.0. The predicted molar refractivity (Wildman–Crippen MR) is 116 cm³/mol. The summed E-state index contributed by atoms with van der Waals surface area (Å²) in [6.07, 6.45) is 1.67. The van der Waals surface area contributed by atoms with E-state index in [4.69, 9.17) is 21.1 Å². The summed E-state index contributed by atoms with van der Waals surface area (Å²) in [4.78, 5) is 12.1. The van der Waals surface area contributed by atoms with E-state index < -0.39 is 0 Å². The Morgan fingerprint density at radius 1 is 1.00 bits per heavy atom. The van der Waals surface area contributed by atoms with E-state index in [0.717, 1.165) is 11.3 Å². The molecule has 0 heterocycles. The van der Waals surface area contributed by atoms with Gasteiger partial charge in [0.15, 0.2) is 18.1 Å². The number of para-hydroxylation sites is 1. The summed E-state index contributed by atoms with van der Waals surface area (Å²) >= 11 is 5.91. The van der Waals surface area contributed by atoms with Crippen LogP contribution >= 0.6 is 11.6 Å². The number of amides is 1. The summed E-state index contributed by atoms with van der Waals surface area (Å²) in [6.45, 7) is -0.161. The number of benzene rings is 3. The molecule has 2 N–H and O–H groups in total. The Hall–Kier alpha value is -3.51. The predicted octanol–water partition coefficient (Wildman–Crippen LogP) is 4.81. The minimum absolute atomic E-state index is 0.161. The van der Waals surface area contributed by atoms with Gasteiger partial charge in [-0.25, -0.2) is 0 Å². The van der Waals surface area contributed by atoms with Crippen molar-refractivity contribution < 1.29 is 14.3 Å². The average Bonchev–Trinajstić information content (AvgIpc) is 2.73. The normalized spacial score (nSPS) is 10.6. The Bertz CT molecular complexity index is 994. The van der Waals surface area contributed by atoms with Crippen LogP contribution in [-0.4, -0.2) is 25.8 Å². The van der Waals surface area contributed by atoms with Gasteiger partial charge < -0.3 is 14.8 Å². The highest BCUT2D eigenvalue weighted by Crippen LogP contribution is 2.27. The second kappa shape index (κ2) is 10.1. The Balaban J connectivity index is 1.57. The van der Waals surface area contributed by atoms with Crippen LogP contribution in [0.15, 0.2) is 77.9 Å². The number of anilines is 2. The third kappa shape index (κ3) is 6.26. The molecule has 3 aromatic rings. The molecule has 0 radical (unpaired) electrons. The topological polar surface area (TPSA) is 71.9 Å². The van der Waals surface area contributed by atoms with Crippen molar-refractivity contribution in [2.45, 2.75) is 0 Å². The molecule has 0 aliphatic heterocycles. The molecule has 29 heavy (non-hydrogen) atoms. The fourth-order valence-electron chi connectivity index (χ4n) is 2.48. The Morgan fingerprint density at radius 3 is 2.55 bits per heavy atom. The summed E-state index contributed by atoms with van der Waals surface area (Å²) in [6, 6.07) is 21.9. The van der Waals surface area contributed by atoms with E-state index in [0.29, 0.717) is 22.2 Å². The molecule has 0 saturated heterocycles. The summed E-state index contributed by atoms with van der Waals surface area (Å²) in [5.74, 6) is 0.665. The van der Waals surface area contributed by atoms with Crippen LogP contribution in [0.4, 0.5) is 11.4 Å². The van der Waals surface area contributed by atoms with Crippen LogP contribution in [0.2, 0.25) is 5.02 Å². The zero-order chi connectivity index (χ0) is 20.5. The number of halogens is 1. The van der Waals surface area contributed by atoms with Gasteiger partial charge in [0.25, 0.3) is 5.91 Å². The van der Waals surface area contributed by atoms with Crippen LogP contribution in [0.3, 0.4) is 0 Å². The van der Waals surface area contributed by atoms with Crippen molar-refractivity contribution in [1.82, 2.24) is 0 Å². The van der Waals surface area contributed by atoms with E-state index in [1.165, 1.54) is 7.11 Å². The number of methoxy groups -OCH3 is 1. The number of hydrogen-bond acceptors (Lipinski definition) is 5. The molecule has 0 aliphatic carbocycles. The molecular weight excluding hydrogens is 390 g/mol. The highest BCUT2D eigenvalue weighted by atomic mass is 35.5. The molecule has 148 valence electrons. The van der Waals surface area contributed by atoms with Crippen LogP contribution in [-0.2, 0) is 4.79 Å². The highest BCUT2D eigenvalue weighted by Gasteiger charge is 2.09. The molecule has 7 heteroatoms. The van der Waals surface area contributed by atoms with Gasteiger partial charge in [-0.1, -0.05) is 35.9 Å². The van der Waals surface area contributed by atoms with E-state index in [1.54, 1.807) is 42.6 Å². The standard InChI is InChI=1S/C22H20ClN3O3/c1-28-21-12-16(14-24-26-18-7-3-2-4-8-18)10-11-20(21)29-15-22(27)25-19-9-5-6-17(23)13-19/h2-14,26H,15H2,1H3,(H,25,27). The number of nitrogens with zero attached hydrogens (tertiary/aromatic N) is 1. The molecule has 0 saturated carbocycles. The van der Waals surface area contributed by atoms with Crippen molar-refractivity contribution in [1.29, 1.82) is 0 Å². The van der Waals surface area contributed by atoms with Gasteiger partial charge in [0.1, 0.15) is 0 Å². The van der Waals surface area contributed by atoms with Crippen molar-refractivity contribution in [2.75, 3.05) is 24.5 Å². The summed E-state index contributed by atoms with van der Waals surface area (Å²) in [5, 5.41) is 7.47. The SMILES string of the molecule is COc1cc(C=NNc2ccccc2)ccc1OCC(=O)Nc1cccc(Cl)c1. The maximum atomic E-state index is 12.1. The zero-order valence-corrected chi connectivity index (χ0v) is 16.5.